The fraction of sp³-hybridized carbons (Fsp3) is 0.533. The van der Waals surface area contributed by atoms with E-state index in [-0.39, 0.29) is 11.9 Å². The van der Waals surface area contributed by atoms with E-state index in [0.717, 1.165) is 13.0 Å². The fourth-order valence-electron chi connectivity index (χ4n) is 2.28. The van der Waals surface area contributed by atoms with Crippen LogP contribution in [0.25, 0.3) is 0 Å². The number of alkyl carbamates (subject to hydrolysis) is 1. The molecule has 1 atom stereocenters. The van der Waals surface area contributed by atoms with Crippen molar-refractivity contribution >= 4 is 11.8 Å². The van der Waals surface area contributed by atoms with E-state index in [1.165, 1.54) is 6.07 Å². The third-order valence-corrected chi connectivity index (χ3v) is 3.10. The summed E-state index contributed by atoms with van der Waals surface area (Å²) in [7, 11) is 0. The van der Waals surface area contributed by atoms with Crippen molar-refractivity contribution in [3.05, 3.63) is 30.1 Å². The number of carbonyl (C=O) groups excluding carboxylic acids is 1. The summed E-state index contributed by atoms with van der Waals surface area (Å²) in [5, 5.41) is 2.83. The molecule has 0 bridgehead atoms. The van der Waals surface area contributed by atoms with Gasteiger partial charge >= 0.3 is 6.09 Å². The van der Waals surface area contributed by atoms with Crippen LogP contribution in [0.15, 0.2) is 24.3 Å². The standard InChI is InChI=1S/C15H21FN2O2/c1-15(2,3)20-14(19)17-11-8-9-18(10-11)13-7-5-4-6-12(13)16/h4-7,11H,8-10H2,1-3H3,(H,17,19)/t11-/m0/s1. The van der Waals surface area contributed by atoms with Crippen molar-refractivity contribution in [1.29, 1.82) is 0 Å². The lowest BCUT2D eigenvalue weighted by atomic mass is 10.2. The minimum absolute atomic E-state index is 0.00976. The largest absolute Gasteiger partial charge is 0.444 e. The predicted molar refractivity (Wildman–Crippen MR) is 76.4 cm³/mol. The summed E-state index contributed by atoms with van der Waals surface area (Å²) in [5.41, 5.74) is 0.0782. The summed E-state index contributed by atoms with van der Waals surface area (Å²) in [6, 6.07) is 6.68. The zero-order valence-corrected chi connectivity index (χ0v) is 12.1. The van der Waals surface area contributed by atoms with Gasteiger partial charge in [-0.15, -0.1) is 0 Å². The highest BCUT2D eigenvalue weighted by Crippen LogP contribution is 2.23. The number of anilines is 1. The van der Waals surface area contributed by atoms with E-state index in [2.05, 4.69) is 5.32 Å². The van der Waals surface area contributed by atoms with Crippen LogP contribution in [0.5, 0.6) is 0 Å². The van der Waals surface area contributed by atoms with Gasteiger partial charge < -0.3 is 15.0 Å². The number of rotatable bonds is 2. The van der Waals surface area contributed by atoms with Crippen molar-refractivity contribution in [3.8, 4) is 0 Å². The monoisotopic (exact) mass is 280 g/mol. The second-order valence-corrected chi connectivity index (χ2v) is 6.03. The normalized spacial score (nSPS) is 19.0. The number of carbonyl (C=O) groups is 1. The van der Waals surface area contributed by atoms with Crippen LogP contribution < -0.4 is 10.2 Å². The van der Waals surface area contributed by atoms with Crippen molar-refractivity contribution < 1.29 is 13.9 Å². The van der Waals surface area contributed by atoms with Gasteiger partial charge in [0.05, 0.1) is 11.7 Å². The van der Waals surface area contributed by atoms with E-state index in [1.54, 1.807) is 12.1 Å². The molecule has 1 aliphatic rings. The van der Waals surface area contributed by atoms with Gasteiger partial charge in [-0.2, -0.15) is 0 Å². The van der Waals surface area contributed by atoms with Crippen LogP contribution in [-0.4, -0.2) is 30.8 Å². The topological polar surface area (TPSA) is 41.6 Å². The Morgan fingerprint density at radius 1 is 1.40 bits per heavy atom. The van der Waals surface area contributed by atoms with Crippen molar-refractivity contribution in [1.82, 2.24) is 5.32 Å². The van der Waals surface area contributed by atoms with Crippen LogP contribution >= 0.6 is 0 Å². The molecule has 4 nitrogen and oxygen atoms in total. The molecule has 0 radical (unpaired) electrons. The minimum atomic E-state index is -0.506. The van der Waals surface area contributed by atoms with Gasteiger partial charge in [-0.05, 0) is 39.3 Å². The SMILES string of the molecule is CC(C)(C)OC(=O)N[C@H]1CCN(c2ccccc2F)C1. The zero-order chi connectivity index (χ0) is 14.8. The Morgan fingerprint density at radius 2 is 2.10 bits per heavy atom. The van der Waals surface area contributed by atoms with Gasteiger partial charge in [0.15, 0.2) is 0 Å². The van der Waals surface area contributed by atoms with E-state index in [1.807, 2.05) is 31.7 Å². The molecule has 1 fully saturated rings. The fourth-order valence-corrected chi connectivity index (χ4v) is 2.28. The molecule has 0 unspecified atom stereocenters. The zero-order valence-electron chi connectivity index (χ0n) is 12.1. The number of ether oxygens (including phenoxy) is 1. The van der Waals surface area contributed by atoms with E-state index >= 15 is 0 Å². The number of para-hydroxylation sites is 1. The highest BCUT2D eigenvalue weighted by Gasteiger charge is 2.27. The molecule has 0 aliphatic carbocycles. The second kappa shape index (κ2) is 5.69. The average Bonchev–Trinajstić information content (AvgIpc) is 2.75. The predicted octanol–water partition coefficient (Wildman–Crippen LogP) is 2.93. The Bertz CT molecular complexity index is 485. The second-order valence-electron chi connectivity index (χ2n) is 6.03. The third-order valence-electron chi connectivity index (χ3n) is 3.10. The van der Waals surface area contributed by atoms with Crippen LogP contribution in [0.1, 0.15) is 27.2 Å². The van der Waals surface area contributed by atoms with Crippen molar-refractivity contribution in [2.75, 3.05) is 18.0 Å². The molecule has 1 aliphatic heterocycles. The molecule has 0 aromatic heterocycles. The van der Waals surface area contributed by atoms with Crippen LogP contribution in [0, 0.1) is 5.82 Å². The third kappa shape index (κ3) is 3.85. The first kappa shape index (κ1) is 14.6. The molecule has 1 saturated heterocycles. The molecule has 1 aromatic carbocycles. The Balaban J connectivity index is 1.90. The summed E-state index contributed by atoms with van der Waals surface area (Å²) >= 11 is 0. The van der Waals surface area contributed by atoms with Gasteiger partial charge in [0.2, 0.25) is 0 Å². The lowest BCUT2D eigenvalue weighted by Gasteiger charge is -2.22. The molecule has 0 saturated carbocycles. The average molecular weight is 280 g/mol. The number of nitrogens with zero attached hydrogens (tertiary/aromatic N) is 1. The van der Waals surface area contributed by atoms with Gasteiger partial charge in [0.25, 0.3) is 0 Å². The Kier molecular flexibility index (Phi) is 4.16. The first-order valence-electron chi connectivity index (χ1n) is 6.84. The van der Waals surface area contributed by atoms with Crippen LogP contribution in [0.3, 0.4) is 0 Å². The maximum atomic E-state index is 13.7. The lowest BCUT2D eigenvalue weighted by molar-refractivity contribution is 0.0509. The number of hydrogen-bond acceptors (Lipinski definition) is 3. The summed E-state index contributed by atoms with van der Waals surface area (Å²) in [4.78, 5) is 13.6. The number of amides is 1. The van der Waals surface area contributed by atoms with Crippen LogP contribution in [-0.2, 0) is 4.74 Å². The summed E-state index contributed by atoms with van der Waals surface area (Å²) in [6.45, 7) is 6.80. The van der Waals surface area contributed by atoms with Gasteiger partial charge in [0, 0.05) is 13.1 Å². The summed E-state index contributed by atoms with van der Waals surface area (Å²) in [5.74, 6) is -0.231. The quantitative estimate of drug-likeness (QED) is 0.905. The van der Waals surface area contributed by atoms with Crippen molar-refractivity contribution in [2.45, 2.75) is 38.8 Å². The van der Waals surface area contributed by atoms with Gasteiger partial charge in [0.1, 0.15) is 11.4 Å². The number of halogens is 1. The highest BCUT2D eigenvalue weighted by atomic mass is 19.1. The lowest BCUT2D eigenvalue weighted by Crippen LogP contribution is -2.40. The molecule has 0 spiro atoms. The maximum absolute atomic E-state index is 13.7. The molecule has 5 heteroatoms. The van der Waals surface area contributed by atoms with Crippen LogP contribution in [0.2, 0.25) is 0 Å². The van der Waals surface area contributed by atoms with E-state index < -0.39 is 11.7 Å². The Morgan fingerprint density at radius 3 is 2.75 bits per heavy atom. The molecule has 1 heterocycles. The first-order valence-corrected chi connectivity index (χ1v) is 6.84. The van der Waals surface area contributed by atoms with Crippen molar-refractivity contribution in [2.24, 2.45) is 0 Å². The minimum Gasteiger partial charge on any atom is -0.444 e. The molecule has 110 valence electrons. The number of hydrogen-bond donors (Lipinski definition) is 1. The molecule has 20 heavy (non-hydrogen) atoms. The summed E-state index contributed by atoms with van der Waals surface area (Å²) < 4.78 is 18.9. The molecule has 2 rings (SSSR count). The van der Waals surface area contributed by atoms with E-state index in [9.17, 15) is 9.18 Å². The van der Waals surface area contributed by atoms with Gasteiger partial charge in [-0.3, -0.25) is 0 Å². The molecule has 1 aromatic rings. The summed E-state index contributed by atoms with van der Waals surface area (Å²) in [6.07, 6.45) is 0.367. The van der Waals surface area contributed by atoms with E-state index in [4.69, 9.17) is 4.74 Å². The van der Waals surface area contributed by atoms with E-state index in [0.29, 0.717) is 12.2 Å². The molecule has 1 N–H and O–H groups in total. The molecular weight excluding hydrogens is 259 g/mol. The number of benzene rings is 1. The highest BCUT2D eigenvalue weighted by molar-refractivity contribution is 5.68. The Labute approximate surface area is 118 Å². The first-order chi connectivity index (χ1) is 9.35. The molecular formula is C15H21FN2O2. The smallest absolute Gasteiger partial charge is 0.407 e. The van der Waals surface area contributed by atoms with Gasteiger partial charge in [-0.1, -0.05) is 12.1 Å². The van der Waals surface area contributed by atoms with Gasteiger partial charge in [-0.25, -0.2) is 9.18 Å². The maximum Gasteiger partial charge on any atom is 0.407 e. The Hall–Kier alpha value is -1.78. The van der Waals surface area contributed by atoms with Crippen LogP contribution in [0.4, 0.5) is 14.9 Å². The number of nitrogens with one attached hydrogen (secondary N) is 1. The molecule has 1 amide bonds. The van der Waals surface area contributed by atoms with Crippen molar-refractivity contribution in [3.63, 3.8) is 0 Å².